The van der Waals surface area contributed by atoms with Crippen molar-refractivity contribution in [1.82, 2.24) is 0 Å². The highest BCUT2D eigenvalue weighted by molar-refractivity contribution is 5.77. The molecule has 1 aromatic carbocycles. The number of aliphatic hydroxyl groups excluding tert-OH is 1. The highest BCUT2D eigenvalue weighted by atomic mass is 16.3. The van der Waals surface area contributed by atoms with E-state index in [0.29, 0.717) is 29.1 Å². The summed E-state index contributed by atoms with van der Waals surface area (Å²) >= 11 is 0. The number of rotatable bonds is 6. The first-order valence-corrected chi connectivity index (χ1v) is 7.00. The SMILES string of the molecule is CCC(CCCO)Cc1cc(=O)c2ccc(O)cc2o1. The summed E-state index contributed by atoms with van der Waals surface area (Å²) in [5.74, 6) is 1.11. The minimum Gasteiger partial charge on any atom is -0.508 e. The van der Waals surface area contributed by atoms with Gasteiger partial charge in [-0.1, -0.05) is 13.3 Å². The third kappa shape index (κ3) is 3.39. The summed E-state index contributed by atoms with van der Waals surface area (Å²) < 4.78 is 5.71. The molecule has 20 heavy (non-hydrogen) atoms. The third-order valence-corrected chi connectivity index (χ3v) is 3.60. The second-order valence-electron chi connectivity index (χ2n) is 5.10. The van der Waals surface area contributed by atoms with Crippen LogP contribution in [0.4, 0.5) is 0 Å². The third-order valence-electron chi connectivity index (χ3n) is 3.60. The van der Waals surface area contributed by atoms with Crippen LogP contribution < -0.4 is 5.43 Å². The Kier molecular flexibility index (Phi) is 4.79. The Morgan fingerprint density at radius 2 is 2.10 bits per heavy atom. The van der Waals surface area contributed by atoms with E-state index in [1.54, 1.807) is 6.07 Å². The van der Waals surface area contributed by atoms with Crippen LogP contribution >= 0.6 is 0 Å². The Hall–Kier alpha value is -1.81. The number of aliphatic hydroxyl groups is 1. The molecule has 2 rings (SSSR count). The van der Waals surface area contributed by atoms with Crippen LogP contribution in [-0.4, -0.2) is 16.8 Å². The van der Waals surface area contributed by atoms with E-state index in [1.807, 2.05) is 0 Å². The molecule has 1 aromatic heterocycles. The maximum atomic E-state index is 12.0. The lowest BCUT2D eigenvalue weighted by Crippen LogP contribution is -2.08. The maximum Gasteiger partial charge on any atom is 0.192 e. The standard InChI is InChI=1S/C16H20O4/c1-2-11(4-3-7-17)8-13-10-15(19)14-6-5-12(18)9-16(14)20-13/h5-6,9-11,17-18H,2-4,7-8H2,1H3. The molecule has 0 aliphatic heterocycles. The van der Waals surface area contributed by atoms with E-state index < -0.39 is 0 Å². The van der Waals surface area contributed by atoms with Gasteiger partial charge in [0.25, 0.3) is 0 Å². The quantitative estimate of drug-likeness (QED) is 0.851. The number of phenols is 1. The Balaban J connectivity index is 2.28. The first-order chi connectivity index (χ1) is 9.63. The molecule has 2 N–H and O–H groups in total. The summed E-state index contributed by atoms with van der Waals surface area (Å²) in [5, 5.41) is 18.8. The van der Waals surface area contributed by atoms with Crippen molar-refractivity contribution in [3.05, 3.63) is 40.2 Å². The van der Waals surface area contributed by atoms with Gasteiger partial charge >= 0.3 is 0 Å². The van der Waals surface area contributed by atoms with Crippen LogP contribution in [0.25, 0.3) is 11.0 Å². The van der Waals surface area contributed by atoms with Crippen molar-refractivity contribution in [3.8, 4) is 5.75 Å². The smallest absolute Gasteiger partial charge is 0.192 e. The number of benzene rings is 1. The summed E-state index contributed by atoms with van der Waals surface area (Å²) in [7, 11) is 0. The lowest BCUT2D eigenvalue weighted by Gasteiger charge is -2.13. The van der Waals surface area contributed by atoms with Crippen molar-refractivity contribution in [2.75, 3.05) is 6.61 Å². The summed E-state index contributed by atoms with van der Waals surface area (Å²) in [4.78, 5) is 12.0. The van der Waals surface area contributed by atoms with Crippen LogP contribution in [0.2, 0.25) is 0 Å². The van der Waals surface area contributed by atoms with E-state index in [9.17, 15) is 9.90 Å². The molecule has 0 bridgehead atoms. The van der Waals surface area contributed by atoms with Crippen LogP contribution in [0.3, 0.4) is 0 Å². The minimum absolute atomic E-state index is 0.0849. The Labute approximate surface area is 117 Å². The molecule has 1 unspecified atom stereocenters. The van der Waals surface area contributed by atoms with E-state index in [4.69, 9.17) is 9.52 Å². The fourth-order valence-electron chi connectivity index (χ4n) is 2.41. The molecule has 0 aliphatic rings. The van der Waals surface area contributed by atoms with Crippen molar-refractivity contribution < 1.29 is 14.6 Å². The number of fused-ring (bicyclic) bond motifs is 1. The van der Waals surface area contributed by atoms with Crippen molar-refractivity contribution >= 4 is 11.0 Å². The summed E-state index contributed by atoms with van der Waals surface area (Å²) in [6.45, 7) is 2.28. The van der Waals surface area contributed by atoms with E-state index in [2.05, 4.69) is 6.92 Å². The van der Waals surface area contributed by atoms with Crippen LogP contribution in [0.15, 0.2) is 33.5 Å². The van der Waals surface area contributed by atoms with E-state index in [0.717, 1.165) is 19.3 Å². The molecule has 0 amide bonds. The molecule has 0 saturated heterocycles. The first-order valence-electron chi connectivity index (χ1n) is 7.00. The van der Waals surface area contributed by atoms with Gasteiger partial charge in [0.15, 0.2) is 5.43 Å². The summed E-state index contributed by atoms with van der Waals surface area (Å²) in [6, 6.07) is 6.05. The summed E-state index contributed by atoms with van der Waals surface area (Å²) in [6.07, 6.45) is 3.32. The molecule has 0 saturated carbocycles. The zero-order valence-electron chi connectivity index (χ0n) is 11.6. The van der Waals surface area contributed by atoms with Gasteiger partial charge in [-0.3, -0.25) is 4.79 Å². The highest BCUT2D eigenvalue weighted by Crippen LogP contribution is 2.22. The molecular weight excluding hydrogens is 256 g/mol. The van der Waals surface area contributed by atoms with E-state index in [-0.39, 0.29) is 17.8 Å². The van der Waals surface area contributed by atoms with Crippen molar-refractivity contribution in [1.29, 1.82) is 0 Å². The van der Waals surface area contributed by atoms with Gasteiger partial charge in [-0.05, 0) is 30.9 Å². The van der Waals surface area contributed by atoms with Gasteiger partial charge in [0.05, 0.1) is 5.39 Å². The van der Waals surface area contributed by atoms with Gasteiger partial charge in [0.2, 0.25) is 0 Å². The Bertz CT molecular complexity index is 630. The molecule has 0 aliphatic carbocycles. The monoisotopic (exact) mass is 276 g/mol. The average molecular weight is 276 g/mol. The minimum atomic E-state index is -0.0849. The van der Waals surface area contributed by atoms with Crippen molar-refractivity contribution in [2.45, 2.75) is 32.6 Å². The highest BCUT2D eigenvalue weighted by Gasteiger charge is 2.11. The van der Waals surface area contributed by atoms with Crippen LogP contribution in [0.1, 0.15) is 31.9 Å². The molecule has 0 fully saturated rings. The lowest BCUT2D eigenvalue weighted by atomic mass is 9.95. The van der Waals surface area contributed by atoms with Gasteiger partial charge in [0.1, 0.15) is 17.1 Å². The van der Waals surface area contributed by atoms with Crippen molar-refractivity contribution in [2.24, 2.45) is 5.92 Å². The zero-order valence-corrected chi connectivity index (χ0v) is 11.6. The van der Waals surface area contributed by atoms with Gasteiger partial charge in [0, 0.05) is 25.2 Å². The van der Waals surface area contributed by atoms with Gasteiger partial charge in [-0.25, -0.2) is 0 Å². The predicted molar refractivity (Wildman–Crippen MR) is 78.0 cm³/mol. The Morgan fingerprint density at radius 3 is 2.80 bits per heavy atom. The van der Waals surface area contributed by atoms with Gasteiger partial charge < -0.3 is 14.6 Å². The fourth-order valence-corrected chi connectivity index (χ4v) is 2.41. The molecular formula is C16H20O4. The number of phenolic OH excluding ortho intramolecular Hbond substituents is 1. The van der Waals surface area contributed by atoms with E-state index in [1.165, 1.54) is 18.2 Å². The molecule has 4 nitrogen and oxygen atoms in total. The maximum absolute atomic E-state index is 12.0. The second-order valence-corrected chi connectivity index (χ2v) is 5.10. The molecule has 0 radical (unpaired) electrons. The van der Waals surface area contributed by atoms with Crippen LogP contribution in [-0.2, 0) is 6.42 Å². The molecule has 1 atom stereocenters. The number of hydrogen-bond acceptors (Lipinski definition) is 4. The van der Waals surface area contributed by atoms with Crippen molar-refractivity contribution in [3.63, 3.8) is 0 Å². The average Bonchev–Trinajstić information content (AvgIpc) is 2.42. The van der Waals surface area contributed by atoms with E-state index >= 15 is 0 Å². The van der Waals surface area contributed by atoms with Crippen LogP contribution in [0, 0.1) is 5.92 Å². The topological polar surface area (TPSA) is 70.7 Å². The molecule has 1 heterocycles. The largest absolute Gasteiger partial charge is 0.508 e. The predicted octanol–water partition coefficient (Wildman–Crippen LogP) is 2.84. The van der Waals surface area contributed by atoms with Gasteiger partial charge in [-0.15, -0.1) is 0 Å². The van der Waals surface area contributed by atoms with Gasteiger partial charge in [-0.2, -0.15) is 0 Å². The normalized spacial score (nSPS) is 12.7. The van der Waals surface area contributed by atoms with Crippen LogP contribution in [0.5, 0.6) is 5.75 Å². The molecule has 0 spiro atoms. The number of aromatic hydroxyl groups is 1. The molecule has 2 aromatic rings. The second kappa shape index (κ2) is 6.57. The first kappa shape index (κ1) is 14.6. The Morgan fingerprint density at radius 1 is 1.30 bits per heavy atom. The number of hydrogen-bond donors (Lipinski definition) is 2. The molecule has 108 valence electrons. The lowest BCUT2D eigenvalue weighted by molar-refractivity contribution is 0.267. The summed E-state index contributed by atoms with van der Waals surface area (Å²) in [5.41, 5.74) is 0.336. The zero-order chi connectivity index (χ0) is 14.5. The fraction of sp³-hybridized carbons (Fsp3) is 0.438. The molecule has 4 heteroatoms.